The number of benzene rings is 2. The highest BCUT2D eigenvalue weighted by Crippen LogP contribution is 2.32. The quantitative estimate of drug-likeness (QED) is 0.759. The van der Waals surface area contributed by atoms with Gasteiger partial charge in [-0.25, -0.2) is 0 Å². The second kappa shape index (κ2) is 8.67. The minimum atomic E-state index is -0.0337. The van der Waals surface area contributed by atoms with Crippen molar-refractivity contribution >= 4 is 5.91 Å². The Bertz CT molecular complexity index is 714. The van der Waals surface area contributed by atoms with Crippen LogP contribution in [0.5, 0.6) is 5.75 Å². The van der Waals surface area contributed by atoms with Gasteiger partial charge in [0.15, 0.2) is 0 Å². The van der Waals surface area contributed by atoms with Gasteiger partial charge in [0.2, 0.25) is 5.91 Å². The van der Waals surface area contributed by atoms with Crippen molar-refractivity contribution < 1.29 is 14.6 Å². The van der Waals surface area contributed by atoms with E-state index in [1.165, 1.54) is 17.5 Å². The summed E-state index contributed by atoms with van der Waals surface area (Å²) >= 11 is 0. The van der Waals surface area contributed by atoms with E-state index in [0.717, 1.165) is 24.8 Å². The summed E-state index contributed by atoms with van der Waals surface area (Å²) in [4.78, 5) is 11.9. The van der Waals surface area contributed by atoms with E-state index in [-0.39, 0.29) is 24.2 Å². The number of hydrogen-bond acceptors (Lipinski definition) is 3. The zero-order valence-corrected chi connectivity index (χ0v) is 14.4. The van der Waals surface area contributed by atoms with E-state index < -0.39 is 0 Å². The maximum absolute atomic E-state index is 11.9. The normalized spacial score (nSPS) is 16.2. The van der Waals surface area contributed by atoms with E-state index >= 15 is 0 Å². The molecule has 0 saturated heterocycles. The second-order valence-corrected chi connectivity index (χ2v) is 6.50. The Hall–Kier alpha value is -2.33. The number of rotatable bonds is 7. The number of hydrogen-bond donors (Lipinski definition) is 2. The summed E-state index contributed by atoms with van der Waals surface area (Å²) in [5, 5.41) is 12.3. The first-order chi connectivity index (χ1) is 12.2. The molecule has 0 saturated carbocycles. The molecule has 0 aromatic heterocycles. The Morgan fingerprint density at radius 2 is 2.08 bits per heavy atom. The van der Waals surface area contributed by atoms with Crippen LogP contribution in [0.3, 0.4) is 0 Å². The smallest absolute Gasteiger partial charge is 0.224 e. The van der Waals surface area contributed by atoms with Gasteiger partial charge in [0, 0.05) is 13.2 Å². The molecule has 4 nitrogen and oxygen atoms in total. The maximum Gasteiger partial charge on any atom is 0.224 e. The summed E-state index contributed by atoms with van der Waals surface area (Å²) in [6, 6.07) is 15.3. The van der Waals surface area contributed by atoms with Crippen LogP contribution in [0.2, 0.25) is 0 Å². The fourth-order valence-electron chi connectivity index (χ4n) is 3.32. The topological polar surface area (TPSA) is 58.6 Å². The fraction of sp³-hybridized carbons (Fsp3) is 0.381. The number of aryl methyl sites for hydroxylation is 1. The number of nitrogens with one attached hydrogen (secondary N) is 1. The number of carbonyl (C=O) groups is 1. The lowest BCUT2D eigenvalue weighted by atomic mass is 9.89. The first kappa shape index (κ1) is 17.5. The van der Waals surface area contributed by atoms with Crippen LogP contribution in [0.15, 0.2) is 48.5 Å². The van der Waals surface area contributed by atoms with Gasteiger partial charge in [0.1, 0.15) is 5.75 Å². The molecule has 3 rings (SSSR count). The molecule has 0 radical (unpaired) electrons. The van der Waals surface area contributed by atoms with Crippen LogP contribution >= 0.6 is 0 Å². The highest BCUT2D eigenvalue weighted by Gasteiger charge is 2.19. The molecule has 2 N–H and O–H groups in total. The van der Waals surface area contributed by atoms with Crippen molar-refractivity contribution in [1.82, 2.24) is 5.32 Å². The van der Waals surface area contributed by atoms with Crippen LogP contribution in [0.4, 0.5) is 0 Å². The van der Waals surface area contributed by atoms with Crippen LogP contribution in [0.1, 0.15) is 42.1 Å². The van der Waals surface area contributed by atoms with Gasteiger partial charge in [-0.2, -0.15) is 0 Å². The van der Waals surface area contributed by atoms with Crippen molar-refractivity contribution in [2.24, 2.45) is 0 Å². The van der Waals surface area contributed by atoms with E-state index in [2.05, 4.69) is 29.6 Å². The Kier molecular flexibility index (Phi) is 6.07. The number of fused-ring (bicyclic) bond motifs is 1. The summed E-state index contributed by atoms with van der Waals surface area (Å²) in [5.41, 5.74) is 3.53. The van der Waals surface area contributed by atoms with Crippen LogP contribution in [0.25, 0.3) is 0 Å². The average Bonchev–Trinajstić information content (AvgIpc) is 2.61. The van der Waals surface area contributed by atoms with Gasteiger partial charge in [-0.05, 0) is 54.5 Å². The standard InChI is InChI=1S/C21H25NO3/c23-18-9-3-6-16(14-18)15-21(24)22-12-5-13-25-20-11-4-8-17-7-1-2-10-19(17)20/h1-3,6-7,9-10,14,20,23H,4-5,8,11-13,15H2,(H,22,24). The van der Waals surface area contributed by atoms with Gasteiger partial charge in [-0.1, -0.05) is 36.4 Å². The lowest BCUT2D eigenvalue weighted by Gasteiger charge is -2.25. The molecule has 1 unspecified atom stereocenters. The molecule has 1 amide bonds. The van der Waals surface area contributed by atoms with Crippen molar-refractivity contribution in [1.29, 1.82) is 0 Å². The maximum atomic E-state index is 11.9. The molecule has 25 heavy (non-hydrogen) atoms. The van der Waals surface area contributed by atoms with Crippen molar-refractivity contribution in [3.05, 3.63) is 65.2 Å². The zero-order valence-electron chi connectivity index (χ0n) is 14.4. The molecule has 0 spiro atoms. The molecule has 1 aliphatic rings. The van der Waals surface area contributed by atoms with Gasteiger partial charge in [-0.3, -0.25) is 4.79 Å². The Morgan fingerprint density at radius 1 is 1.20 bits per heavy atom. The van der Waals surface area contributed by atoms with Crippen LogP contribution in [-0.4, -0.2) is 24.2 Å². The summed E-state index contributed by atoms with van der Waals surface area (Å²) in [6.45, 7) is 1.25. The van der Waals surface area contributed by atoms with Crippen molar-refractivity contribution in [2.75, 3.05) is 13.2 Å². The molecule has 132 valence electrons. The molecule has 0 fully saturated rings. The van der Waals surface area contributed by atoms with Crippen molar-refractivity contribution in [2.45, 2.75) is 38.2 Å². The third-order valence-electron chi connectivity index (χ3n) is 4.55. The average molecular weight is 339 g/mol. The molecule has 1 atom stereocenters. The summed E-state index contributed by atoms with van der Waals surface area (Å²) in [7, 11) is 0. The lowest BCUT2D eigenvalue weighted by Crippen LogP contribution is -2.27. The summed E-state index contributed by atoms with van der Waals surface area (Å²) < 4.78 is 6.04. The molecular formula is C21H25NO3. The molecule has 2 aromatic rings. The third kappa shape index (κ3) is 5.07. The lowest BCUT2D eigenvalue weighted by molar-refractivity contribution is -0.120. The first-order valence-corrected chi connectivity index (χ1v) is 8.96. The predicted molar refractivity (Wildman–Crippen MR) is 97.5 cm³/mol. The van der Waals surface area contributed by atoms with E-state index in [4.69, 9.17) is 4.74 Å². The Balaban J connectivity index is 1.36. The van der Waals surface area contributed by atoms with Crippen molar-refractivity contribution in [3.8, 4) is 5.75 Å². The number of phenolic OH excluding ortho intramolecular Hbond substituents is 1. The first-order valence-electron chi connectivity index (χ1n) is 8.96. The SMILES string of the molecule is O=C(Cc1cccc(O)c1)NCCCOC1CCCc2ccccc21. The van der Waals surface area contributed by atoms with Crippen LogP contribution in [0, 0.1) is 0 Å². The summed E-state index contributed by atoms with van der Waals surface area (Å²) in [6.07, 6.45) is 4.65. The molecule has 4 heteroatoms. The largest absolute Gasteiger partial charge is 0.508 e. The number of phenols is 1. The van der Waals surface area contributed by atoms with E-state index in [1.807, 2.05) is 6.07 Å². The van der Waals surface area contributed by atoms with E-state index in [1.54, 1.807) is 18.2 Å². The van der Waals surface area contributed by atoms with E-state index in [9.17, 15) is 9.90 Å². The molecular weight excluding hydrogens is 314 g/mol. The monoisotopic (exact) mass is 339 g/mol. The molecule has 0 bridgehead atoms. The second-order valence-electron chi connectivity index (χ2n) is 6.50. The van der Waals surface area contributed by atoms with Gasteiger partial charge in [-0.15, -0.1) is 0 Å². The highest BCUT2D eigenvalue weighted by atomic mass is 16.5. The van der Waals surface area contributed by atoms with Gasteiger partial charge in [0.25, 0.3) is 0 Å². The molecule has 0 heterocycles. The van der Waals surface area contributed by atoms with Gasteiger partial charge < -0.3 is 15.2 Å². The van der Waals surface area contributed by atoms with Gasteiger partial charge in [0.05, 0.1) is 12.5 Å². The van der Waals surface area contributed by atoms with Crippen molar-refractivity contribution in [3.63, 3.8) is 0 Å². The number of carbonyl (C=O) groups excluding carboxylic acids is 1. The highest BCUT2D eigenvalue weighted by molar-refractivity contribution is 5.78. The minimum absolute atomic E-state index is 0.0337. The summed E-state index contributed by atoms with van der Waals surface area (Å²) in [5.74, 6) is 0.153. The van der Waals surface area contributed by atoms with Crippen LogP contribution in [-0.2, 0) is 22.4 Å². The molecule has 1 aliphatic carbocycles. The number of amides is 1. The molecule has 2 aromatic carbocycles. The number of aromatic hydroxyl groups is 1. The van der Waals surface area contributed by atoms with Crippen LogP contribution < -0.4 is 5.32 Å². The number of ether oxygens (including phenoxy) is 1. The van der Waals surface area contributed by atoms with Gasteiger partial charge >= 0.3 is 0 Å². The fourth-order valence-corrected chi connectivity index (χ4v) is 3.32. The predicted octanol–water partition coefficient (Wildman–Crippen LogP) is 3.54. The Morgan fingerprint density at radius 3 is 2.96 bits per heavy atom. The van der Waals surface area contributed by atoms with E-state index in [0.29, 0.717) is 13.2 Å². The minimum Gasteiger partial charge on any atom is -0.508 e. The Labute approximate surface area is 148 Å². The molecule has 0 aliphatic heterocycles. The zero-order chi connectivity index (χ0) is 17.5. The third-order valence-corrected chi connectivity index (χ3v) is 4.55.